The highest BCUT2D eigenvalue weighted by Gasteiger charge is 2.14. The number of methoxy groups -OCH3 is 1. The van der Waals surface area contributed by atoms with Crippen molar-refractivity contribution >= 4 is 5.91 Å². The average molecular weight is 219 g/mol. The molecule has 0 saturated carbocycles. The Morgan fingerprint density at radius 2 is 2.12 bits per heavy atom. The number of hydrogen-bond donors (Lipinski definition) is 0. The SMILES string of the molecule is COc1ccc(CN2OCC=CC2=O)cc1. The third-order valence-electron chi connectivity index (χ3n) is 2.32. The Bertz CT molecular complexity index is 397. The van der Waals surface area contributed by atoms with Gasteiger partial charge in [0, 0.05) is 6.08 Å². The zero-order valence-corrected chi connectivity index (χ0v) is 9.05. The maximum Gasteiger partial charge on any atom is 0.270 e. The van der Waals surface area contributed by atoms with Gasteiger partial charge in [-0.15, -0.1) is 0 Å². The van der Waals surface area contributed by atoms with Crippen LogP contribution in [-0.4, -0.2) is 24.7 Å². The van der Waals surface area contributed by atoms with Gasteiger partial charge < -0.3 is 4.74 Å². The molecule has 1 aromatic rings. The fourth-order valence-corrected chi connectivity index (χ4v) is 1.45. The van der Waals surface area contributed by atoms with Crippen molar-refractivity contribution < 1.29 is 14.4 Å². The van der Waals surface area contributed by atoms with E-state index in [2.05, 4.69) is 0 Å². The summed E-state index contributed by atoms with van der Waals surface area (Å²) < 4.78 is 5.06. The van der Waals surface area contributed by atoms with E-state index in [4.69, 9.17) is 9.57 Å². The van der Waals surface area contributed by atoms with Crippen molar-refractivity contribution in [3.05, 3.63) is 42.0 Å². The lowest BCUT2D eigenvalue weighted by atomic mass is 10.2. The van der Waals surface area contributed by atoms with E-state index >= 15 is 0 Å². The second-order valence-corrected chi connectivity index (χ2v) is 3.42. The van der Waals surface area contributed by atoms with Crippen LogP contribution in [0.25, 0.3) is 0 Å². The van der Waals surface area contributed by atoms with Gasteiger partial charge in [-0.25, -0.2) is 5.06 Å². The van der Waals surface area contributed by atoms with E-state index in [1.54, 1.807) is 13.2 Å². The lowest BCUT2D eigenvalue weighted by molar-refractivity contribution is -0.183. The molecule has 1 aromatic carbocycles. The van der Waals surface area contributed by atoms with Crippen molar-refractivity contribution in [2.24, 2.45) is 0 Å². The van der Waals surface area contributed by atoms with Crippen LogP contribution in [0.15, 0.2) is 36.4 Å². The predicted molar refractivity (Wildman–Crippen MR) is 58.6 cm³/mol. The van der Waals surface area contributed by atoms with Crippen molar-refractivity contribution in [2.75, 3.05) is 13.7 Å². The molecule has 1 aliphatic heterocycles. The van der Waals surface area contributed by atoms with Crippen LogP contribution in [0.3, 0.4) is 0 Å². The molecule has 0 bridgehead atoms. The molecule has 0 unspecified atom stereocenters. The van der Waals surface area contributed by atoms with Gasteiger partial charge in [-0.2, -0.15) is 0 Å². The molecule has 16 heavy (non-hydrogen) atoms. The van der Waals surface area contributed by atoms with Crippen molar-refractivity contribution in [1.29, 1.82) is 0 Å². The van der Waals surface area contributed by atoms with E-state index in [-0.39, 0.29) is 5.91 Å². The van der Waals surface area contributed by atoms with Gasteiger partial charge in [0.25, 0.3) is 5.91 Å². The third kappa shape index (κ3) is 2.41. The normalized spacial score (nSPS) is 15.3. The van der Waals surface area contributed by atoms with Crippen LogP contribution in [0.1, 0.15) is 5.56 Å². The molecule has 1 amide bonds. The zero-order chi connectivity index (χ0) is 11.4. The number of amides is 1. The zero-order valence-electron chi connectivity index (χ0n) is 9.05. The number of benzene rings is 1. The fraction of sp³-hybridized carbons (Fsp3) is 0.250. The molecule has 4 heteroatoms. The molecule has 0 N–H and O–H groups in total. The molecule has 0 aliphatic carbocycles. The minimum absolute atomic E-state index is 0.123. The van der Waals surface area contributed by atoms with Gasteiger partial charge in [0.15, 0.2) is 0 Å². The molecule has 0 radical (unpaired) electrons. The molecule has 1 heterocycles. The summed E-state index contributed by atoms with van der Waals surface area (Å²) in [6.45, 7) is 0.898. The minimum Gasteiger partial charge on any atom is -0.497 e. The Balaban J connectivity index is 2.03. The topological polar surface area (TPSA) is 38.8 Å². The van der Waals surface area contributed by atoms with E-state index in [1.165, 1.54) is 11.1 Å². The standard InChI is InChI=1S/C12H13NO3/c1-15-11-6-4-10(5-7-11)9-13-12(14)3-2-8-16-13/h2-7H,8-9H2,1H3. The van der Waals surface area contributed by atoms with Crippen molar-refractivity contribution in [1.82, 2.24) is 5.06 Å². The third-order valence-corrected chi connectivity index (χ3v) is 2.32. The predicted octanol–water partition coefficient (Wildman–Crippen LogP) is 1.53. The van der Waals surface area contributed by atoms with Crippen molar-refractivity contribution in [3.63, 3.8) is 0 Å². The largest absolute Gasteiger partial charge is 0.497 e. The van der Waals surface area contributed by atoms with Gasteiger partial charge in [-0.05, 0) is 17.7 Å². The molecule has 0 atom stereocenters. The van der Waals surface area contributed by atoms with Crippen LogP contribution < -0.4 is 4.74 Å². The number of carbonyl (C=O) groups excluding carboxylic acids is 1. The van der Waals surface area contributed by atoms with Gasteiger partial charge >= 0.3 is 0 Å². The fourth-order valence-electron chi connectivity index (χ4n) is 1.45. The van der Waals surface area contributed by atoms with Gasteiger partial charge in [0.05, 0.1) is 20.3 Å². The van der Waals surface area contributed by atoms with Gasteiger partial charge in [0.2, 0.25) is 0 Å². The summed E-state index contributed by atoms with van der Waals surface area (Å²) in [7, 11) is 1.62. The first kappa shape index (κ1) is 10.7. The Morgan fingerprint density at radius 1 is 1.38 bits per heavy atom. The first-order chi connectivity index (χ1) is 7.79. The van der Waals surface area contributed by atoms with Gasteiger partial charge in [-0.3, -0.25) is 9.63 Å². The molecule has 1 aliphatic rings. The highest BCUT2D eigenvalue weighted by atomic mass is 16.7. The number of rotatable bonds is 3. The molecule has 0 saturated heterocycles. The summed E-state index contributed by atoms with van der Waals surface area (Å²) in [4.78, 5) is 16.6. The maximum absolute atomic E-state index is 11.4. The van der Waals surface area contributed by atoms with Crippen molar-refractivity contribution in [3.8, 4) is 5.75 Å². The first-order valence-electron chi connectivity index (χ1n) is 5.03. The summed E-state index contributed by atoms with van der Waals surface area (Å²) in [6.07, 6.45) is 3.22. The molecule has 0 fully saturated rings. The lowest BCUT2D eigenvalue weighted by Gasteiger charge is -2.22. The van der Waals surface area contributed by atoms with Crippen LogP contribution in [0.2, 0.25) is 0 Å². The summed E-state index contributed by atoms with van der Waals surface area (Å²) in [6, 6.07) is 7.54. The summed E-state index contributed by atoms with van der Waals surface area (Å²) in [5.74, 6) is 0.677. The molecular formula is C12H13NO3. The van der Waals surface area contributed by atoms with E-state index in [9.17, 15) is 4.79 Å². The average Bonchev–Trinajstić information content (AvgIpc) is 2.33. The number of carbonyl (C=O) groups is 1. The van der Waals surface area contributed by atoms with Crippen molar-refractivity contribution in [2.45, 2.75) is 6.54 Å². The number of ether oxygens (including phenoxy) is 1. The maximum atomic E-state index is 11.4. The van der Waals surface area contributed by atoms with Crippen LogP contribution in [-0.2, 0) is 16.2 Å². The van der Waals surface area contributed by atoms with E-state index in [0.29, 0.717) is 13.2 Å². The molecule has 0 aromatic heterocycles. The Labute approximate surface area is 94.0 Å². The first-order valence-corrected chi connectivity index (χ1v) is 5.03. The Hall–Kier alpha value is -1.81. The number of hydroxylamine groups is 2. The summed E-state index contributed by atoms with van der Waals surface area (Å²) in [5, 5.41) is 1.35. The highest BCUT2D eigenvalue weighted by Crippen LogP contribution is 2.14. The Kier molecular flexibility index (Phi) is 3.22. The number of hydrogen-bond acceptors (Lipinski definition) is 3. The number of nitrogens with zero attached hydrogens (tertiary/aromatic N) is 1. The molecule has 4 nitrogen and oxygen atoms in total. The van der Waals surface area contributed by atoms with Gasteiger partial charge in [-0.1, -0.05) is 18.2 Å². The molecule has 0 spiro atoms. The molecular weight excluding hydrogens is 206 g/mol. The van der Waals surface area contributed by atoms with Crippen LogP contribution >= 0.6 is 0 Å². The van der Waals surface area contributed by atoms with Crippen LogP contribution in [0, 0.1) is 0 Å². The minimum atomic E-state index is -0.123. The summed E-state index contributed by atoms with van der Waals surface area (Å²) >= 11 is 0. The summed E-state index contributed by atoms with van der Waals surface area (Å²) in [5.41, 5.74) is 1.00. The molecule has 2 rings (SSSR count). The monoisotopic (exact) mass is 219 g/mol. The lowest BCUT2D eigenvalue weighted by Crippen LogP contribution is -2.31. The quantitative estimate of drug-likeness (QED) is 0.773. The second kappa shape index (κ2) is 4.81. The second-order valence-electron chi connectivity index (χ2n) is 3.42. The van der Waals surface area contributed by atoms with E-state index in [1.807, 2.05) is 24.3 Å². The molecule has 84 valence electrons. The van der Waals surface area contributed by atoms with E-state index < -0.39 is 0 Å². The van der Waals surface area contributed by atoms with Crippen LogP contribution in [0.5, 0.6) is 5.75 Å². The smallest absolute Gasteiger partial charge is 0.270 e. The van der Waals surface area contributed by atoms with Gasteiger partial charge in [0.1, 0.15) is 5.75 Å². The van der Waals surface area contributed by atoms with Crippen LogP contribution in [0.4, 0.5) is 0 Å². The highest BCUT2D eigenvalue weighted by molar-refractivity contribution is 5.87. The van der Waals surface area contributed by atoms with E-state index in [0.717, 1.165) is 11.3 Å². The Morgan fingerprint density at radius 3 is 2.75 bits per heavy atom.